The minimum atomic E-state index is -0.282. The van der Waals surface area contributed by atoms with E-state index in [-0.39, 0.29) is 5.97 Å². The van der Waals surface area contributed by atoms with E-state index in [1.165, 1.54) is 11.3 Å². The number of piperazine rings is 1. The minimum absolute atomic E-state index is 0.282. The molecule has 0 bridgehead atoms. The Morgan fingerprint density at radius 2 is 2.08 bits per heavy atom. The van der Waals surface area contributed by atoms with Crippen LogP contribution in [0.3, 0.4) is 0 Å². The Morgan fingerprint density at radius 1 is 1.25 bits per heavy atom. The number of rotatable bonds is 6. The first-order chi connectivity index (χ1) is 11.8. The van der Waals surface area contributed by atoms with Crippen LogP contribution in [0.25, 0.3) is 0 Å². The summed E-state index contributed by atoms with van der Waals surface area (Å²) in [4.78, 5) is 25.7. The van der Waals surface area contributed by atoms with E-state index < -0.39 is 0 Å². The zero-order chi connectivity index (χ0) is 16.8. The fourth-order valence-corrected chi connectivity index (χ4v) is 3.55. The van der Waals surface area contributed by atoms with Gasteiger partial charge in [0.25, 0.3) is 0 Å². The molecule has 0 atom stereocenters. The van der Waals surface area contributed by atoms with E-state index in [2.05, 4.69) is 25.8 Å². The number of pyridine rings is 1. The third kappa shape index (κ3) is 4.30. The van der Waals surface area contributed by atoms with Crippen molar-refractivity contribution in [2.24, 2.45) is 0 Å². The van der Waals surface area contributed by atoms with Gasteiger partial charge in [-0.05, 0) is 19.1 Å². The van der Waals surface area contributed by atoms with Gasteiger partial charge in [-0.15, -0.1) is 0 Å². The Hall–Kier alpha value is -1.99. The van der Waals surface area contributed by atoms with Crippen LogP contribution in [-0.4, -0.2) is 60.2 Å². The summed E-state index contributed by atoms with van der Waals surface area (Å²) in [5.41, 5.74) is 1.14. The van der Waals surface area contributed by atoms with Crippen molar-refractivity contribution in [3.05, 3.63) is 41.2 Å². The predicted octanol–water partition coefficient (Wildman–Crippen LogP) is 2.08. The smallest absolute Gasteiger partial charge is 0.350 e. The van der Waals surface area contributed by atoms with Crippen molar-refractivity contribution >= 4 is 22.4 Å². The normalized spacial score (nSPS) is 15.5. The van der Waals surface area contributed by atoms with Gasteiger partial charge in [0.2, 0.25) is 0 Å². The molecule has 1 aliphatic heterocycles. The molecule has 3 rings (SSSR count). The Kier molecular flexibility index (Phi) is 5.77. The van der Waals surface area contributed by atoms with Crippen LogP contribution in [0.15, 0.2) is 30.6 Å². The van der Waals surface area contributed by atoms with Gasteiger partial charge in [0.15, 0.2) is 5.13 Å². The van der Waals surface area contributed by atoms with Gasteiger partial charge in [-0.1, -0.05) is 17.4 Å². The van der Waals surface area contributed by atoms with Gasteiger partial charge in [-0.2, -0.15) is 0 Å². The zero-order valence-corrected chi connectivity index (χ0v) is 14.7. The molecule has 7 heteroatoms. The molecule has 1 saturated heterocycles. The lowest BCUT2D eigenvalue weighted by molar-refractivity contribution is 0.0532. The lowest BCUT2D eigenvalue weighted by Crippen LogP contribution is -2.47. The molecule has 0 amide bonds. The van der Waals surface area contributed by atoms with E-state index in [0.29, 0.717) is 11.5 Å². The van der Waals surface area contributed by atoms with Gasteiger partial charge < -0.3 is 9.64 Å². The van der Waals surface area contributed by atoms with Crippen LogP contribution in [0, 0.1) is 0 Å². The molecule has 0 aromatic carbocycles. The highest BCUT2D eigenvalue weighted by Crippen LogP contribution is 2.24. The van der Waals surface area contributed by atoms with Crippen LogP contribution in [0.1, 0.15) is 22.3 Å². The van der Waals surface area contributed by atoms with Gasteiger partial charge >= 0.3 is 5.97 Å². The highest BCUT2D eigenvalue weighted by Gasteiger charge is 2.21. The topological polar surface area (TPSA) is 58.6 Å². The summed E-state index contributed by atoms with van der Waals surface area (Å²) in [5, 5.41) is 0.905. The molecule has 0 aliphatic carbocycles. The molecule has 0 unspecified atom stereocenters. The highest BCUT2D eigenvalue weighted by atomic mass is 32.1. The number of thiazole rings is 1. The molecule has 24 heavy (non-hydrogen) atoms. The number of hydrogen-bond donors (Lipinski definition) is 0. The van der Waals surface area contributed by atoms with Crippen LogP contribution < -0.4 is 4.90 Å². The lowest BCUT2D eigenvalue weighted by Gasteiger charge is -2.34. The maximum absolute atomic E-state index is 11.7. The largest absolute Gasteiger partial charge is 0.462 e. The first-order valence-electron chi connectivity index (χ1n) is 8.26. The monoisotopic (exact) mass is 346 g/mol. The van der Waals surface area contributed by atoms with Crippen LogP contribution in [0.5, 0.6) is 0 Å². The Bertz CT molecular complexity index is 654. The van der Waals surface area contributed by atoms with Gasteiger partial charge in [-0.3, -0.25) is 9.88 Å². The predicted molar refractivity (Wildman–Crippen MR) is 94.7 cm³/mol. The van der Waals surface area contributed by atoms with Gasteiger partial charge in [-0.25, -0.2) is 9.78 Å². The summed E-state index contributed by atoms with van der Waals surface area (Å²) < 4.78 is 5.02. The molecular weight excluding hydrogens is 324 g/mol. The van der Waals surface area contributed by atoms with Crippen LogP contribution in [0.2, 0.25) is 0 Å². The summed E-state index contributed by atoms with van der Waals surface area (Å²) in [7, 11) is 0. The molecular formula is C17H22N4O2S. The number of carbonyl (C=O) groups excluding carboxylic acids is 1. The second-order valence-corrected chi connectivity index (χ2v) is 6.64. The Labute approximate surface area is 146 Å². The number of carbonyl (C=O) groups is 1. The third-order valence-electron chi connectivity index (χ3n) is 4.02. The van der Waals surface area contributed by atoms with E-state index in [9.17, 15) is 4.79 Å². The van der Waals surface area contributed by atoms with Crippen molar-refractivity contribution in [3.63, 3.8) is 0 Å². The number of esters is 1. The fraction of sp³-hybridized carbons (Fsp3) is 0.471. The van der Waals surface area contributed by atoms with E-state index in [1.54, 1.807) is 6.20 Å². The molecule has 2 aromatic rings. The van der Waals surface area contributed by atoms with Crippen molar-refractivity contribution in [1.29, 1.82) is 0 Å². The molecule has 128 valence electrons. The molecule has 0 radical (unpaired) electrons. The number of anilines is 1. The van der Waals surface area contributed by atoms with E-state index in [4.69, 9.17) is 4.74 Å². The molecule has 1 aliphatic rings. The number of hydrogen-bond acceptors (Lipinski definition) is 7. The number of aromatic nitrogens is 2. The molecule has 0 N–H and O–H groups in total. The van der Waals surface area contributed by atoms with Crippen molar-refractivity contribution in [2.45, 2.75) is 13.3 Å². The summed E-state index contributed by atoms with van der Waals surface area (Å²) >= 11 is 1.41. The van der Waals surface area contributed by atoms with Gasteiger partial charge in [0.1, 0.15) is 4.88 Å². The highest BCUT2D eigenvalue weighted by molar-refractivity contribution is 7.17. The van der Waals surface area contributed by atoms with Crippen molar-refractivity contribution in [3.8, 4) is 0 Å². The average Bonchev–Trinajstić information content (AvgIpc) is 3.12. The van der Waals surface area contributed by atoms with Crippen LogP contribution in [-0.2, 0) is 11.2 Å². The number of ether oxygens (including phenoxy) is 1. The second-order valence-electron chi connectivity index (χ2n) is 5.63. The second kappa shape index (κ2) is 8.21. The fourth-order valence-electron chi connectivity index (χ4n) is 2.69. The first kappa shape index (κ1) is 16.9. The van der Waals surface area contributed by atoms with E-state index >= 15 is 0 Å². The molecule has 6 nitrogen and oxygen atoms in total. The first-order valence-corrected chi connectivity index (χ1v) is 9.08. The van der Waals surface area contributed by atoms with Crippen molar-refractivity contribution in [2.75, 3.05) is 44.2 Å². The van der Waals surface area contributed by atoms with E-state index in [0.717, 1.165) is 50.0 Å². The number of nitrogens with zero attached hydrogens (tertiary/aromatic N) is 4. The quantitative estimate of drug-likeness (QED) is 0.747. The molecule has 0 saturated carbocycles. The summed E-state index contributed by atoms with van der Waals surface area (Å²) in [6, 6.07) is 6.05. The lowest BCUT2D eigenvalue weighted by atomic mass is 10.2. The van der Waals surface area contributed by atoms with Gasteiger partial charge in [0.05, 0.1) is 12.8 Å². The average molecular weight is 346 g/mol. The summed E-state index contributed by atoms with van der Waals surface area (Å²) in [6.07, 6.45) is 4.44. The Morgan fingerprint density at radius 3 is 2.79 bits per heavy atom. The standard InChI is InChI=1S/C17H22N4O2S/c1-2-23-16(22)15-13-19-17(24-15)21-11-9-20(10-12-21)8-6-14-5-3-4-7-18-14/h3-5,7,13H,2,6,8-12H2,1H3. The zero-order valence-electron chi connectivity index (χ0n) is 13.9. The van der Waals surface area contributed by atoms with Crippen LogP contribution >= 0.6 is 11.3 Å². The molecule has 0 spiro atoms. The SMILES string of the molecule is CCOC(=O)c1cnc(N2CCN(CCc3ccccn3)CC2)s1. The third-order valence-corrected chi connectivity index (χ3v) is 5.06. The van der Waals surface area contributed by atoms with Crippen molar-refractivity contribution < 1.29 is 9.53 Å². The molecule has 1 fully saturated rings. The van der Waals surface area contributed by atoms with E-state index in [1.807, 2.05) is 25.3 Å². The van der Waals surface area contributed by atoms with Gasteiger partial charge in [0, 0.05) is 51.0 Å². The summed E-state index contributed by atoms with van der Waals surface area (Å²) in [5.74, 6) is -0.282. The van der Waals surface area contributed by atoms with Crippen molar-refractivity contribution in [1.82, 2.24) is 14.9 Å². The molecule has 2 aromatic heterocycles. The Balaban J connectivity index is 1.47. The molecule has 3 heterocycles. The minimum Gasteiger partial charge on any atom is -0.462 e. The van der Waals surface area contributed by atoms with Crippen LogP contribution in [0.4, 0.5) is 5.13 Å². The maximum Gasteiger partial charge on any atom is 0.350 e. The summed E-state index contributed by atoms with van der Waals surface area (Å²) in [6.45, 7) is 7.08. The maximum atomic E-state index is 11.7.